The van der Waals surface area contributed by atoms with Crippen molar-refractivity contribution in [3.8, 4) is 37.0 Å². The Morgan fingerprint density at radius 1 is 0.667 bits per heavy atom. The Balaban J connectivity index is 2.73. The number of ether oxygens (including phenoxy) is 3. The Morgan fingerprint density at radius 2 is 0.905 bits per heavy atom. The van der Waals surface area contributed by atoms with E-state index in [0.29, 0.717) is 0 Å². The third kappa shape index (κ3) is 5.30. The monoisotopic (exact) mass is 288 g/mol. The van der Waals surface area contributed by atoms with Crippen molar-refractivity contribution in [3.05, 3.63) is 0 Å². The molecule has 0 saturated heterocycles. The van der Waals surface area contributed by atoms with Gasteiger partial charge in [-0.3, -0.25) is 0 Å². The van der Waals surface area contributed by atoms with E-state index in [1.54, 1.807) is 17.8 Å². The van der Waals surface area contributed by atoms with E-state index in [2.05, 4.69) is 0 Å². The van der Waals surface area contributed by atoms with Crippen molar-refractivity contribution in [3.63, 3.8) is 0 Å². The summed E-state index contributed by atoms with van der Waals surface area (Å²) < 4.78 is 14.9. The van der Waals surface area contributed by atoms with Crippen molar-refractivity contribution >= 4 is 17.9 Å². The first kappa shape index (κ1) is 16.1. The molecule has 0 atom stereocenters. The maximum absolute atomic E-state index is 11.1. The predicted octanol–water partition coefficient (Wildman–Crippen LogP) is -0.195. The van der Waals surface area contributed by atoms with Gasteiger partial charge < -0.3 is 14.2 Å². The quantitative estimate of drug-likeness (QED) is 0.310. The minimum absolute atomic E-state index is 0.213. The molecule has 1 aliphatic rings. The van der Waals surface area contributed by atoms with E-state index in [-0.39, 0.29) is 19.3 Å². The van der Waals surface area contributed by atoms with Crippen LogP contribution in [-0.4, -0.2) is 36.2 Å². The Bertz CT molecular complexity index is 469. The van der Waals surface area contributed by atoms with E-state index in [4.69, 9.17) is 33.5 Å². The first-order chi connectivity index (χ1) is 9.98. The van der Waals surface area contributed by atoms with Crippen molar-refractivity contribution < 1.29 is 28.6 Å². The lowest BCUT2D eigenvalue weighted by atomic mass is 9.92. The highest BCUT2D eigenvalue weighted by atomic mass is 16.6. The van der Waals surface area contributed by atoms with Gasteiger partial charge in [0, 0.05) is 37.0 Å². The van der Waals surface area contributed by atoms with Crippen molar-refractivity contribution in [1.29, 1.82) is 0 Å². The molecule has 0 radical (unpaired) electrons. The summed E-state index contributed by atoms with van der Waals surface area (Å²) in [4.78, 5) is 33.3. The van der Waals surface area contributed by atoms with Crippen LogP contribution in [0.4, 0.5) is 0 Å². The zero-order valence-electron chi connectivity index (χ0n) is 11.0. The maximum atomic E-state index is 11.1. The Hall–Kier alpha value is -2.91. The second-order valence-corrected chi connectivity index (χ2v) is 4.22. The molecule has 0 aliphatic heterocycles. The zero-order valence-corrected chi connectivity index (χ0v) is 11.0. The zero-order chi connectivity index (χ0) is 15.8. The van der Waals surface area contributed by atoms with Gasteiger partial charge in [0.1, 0.15) is 18.3 Å². The van der Waals surface area contributed by atoms with Crippen LogP contribution in [-0.2, 0) is 28.6 Å². The molecule has 0 N–H and O–H groups in total. The lowest BCUT2D eigenvalue weighted by molar-refractivity contribution is -0.161. The number of hydrogen-bond donors (Lipinski definition) is 0. The number of hydrogen-bond acceptors (Lipinski definition) is 6. The third-order valence-electron chi connectivity index (χ3n) is 2.75. The standard InChI is InChI=1S/C15H12O6/c1-4-13(16)19-10-7-11(20-14(17)5-2)9-12(8-10)21-15(18)6-3/h1-3,10-12H,7-9H2. The molecule has 0 aromatic rings. The molecule has 6 nitrogen and oxygen atoms in total. The molecule has 1 aliphatic carbocycles. The molecule has 1 rings (SSSR count). The second-order valence-electron chi connectivity index (χ2n) is 4.22. The molecular formula is C15H12O6. The summed E-state index contributed by atoms with van der Waals surface area (Å²) in [5.41, 5.74) is 0. The van der Waals surface area contributed by atoms with Gasteiger partial charge in [0.25, 0.3) is 0 Å². The average Bonchev–Trinajstić information content (AvgIpc) is 2.46. The van der Waals surface area contributed by atoms with Gasteiger partial charge >= 0.3 is 17.9 Å². The molecule has 0 aromatic heterocycles. The van der Waals surface area contributed by atoms with Gasteiger partial charge in [0.05, 0.1) is 0 Å². The van der Waals surface area contributed by atoms with E-state index in [1.165, 1.54) is 0 Å². The smallest absolute Gasteiger partial charge is 0.384 e. The van der Waals surface area contributed by atoms with Crippen LogP contribution in [0.25, 0.3) is 0 Å². The van der Waals surface area contributed by atoms with Crippen molar-refractivity contribution in [2.24, 2.45) is 0 Å². The number of carbonyl (C=O) groups is 3. The molecule has 1 saturated carbocycles. The summed E-state index contributed by atoms with van der Waals surface area (Å²) in [5, 5.41) is 0. The van der Waals surface area contributed by atoms with Crippen molar-refractivity contribution in [2.75, 3.05) is 0 Å². The highest BCUT2D eigenvalue weighted by molar-refractivity contribution is 5.88. The summed E-state index contributed by atoms with van der Waals surface area (Å²) in [6.45, 7) is 0. The average molecular weight is 288 g/mol. The number of terminal acetylenes is 3. The van der Waals surface area contributed by atoms with Crippen LogP contribution in [0.3, 0.4) is 0 Å². The van der Waals surface area contributed by atoms with E-state index >= 15 is 0 Å². The third-order valence-corrected chi connectivity index (χ3v) is 2.75. The van der Waals surface area contributed by atoms with Crippen LogP contribution >= 0.6 is 0 Å². The Morgan fingerprint density at radius 3 is 1.10 bits per heavy atom. The summed E-state index contributed by atoms with van der Waals surface area (Å²) in [6.07, 6.45) is 13.4. The summed E-state index contributed by atoms with van der Waals surface area (Å²) in [6, 6.07) is 0. The number of carbonyl (C=O) groups excluding carboxylic acids is 3. The van der Waals surface area contributed by atoms with Crippen LogP contribution in [0.2, 0.25) is 0 Å². The van der Waals surface area contributed by atoms with Crippen molar-refractivity contribution in [1.82, 2.24) is 0 Å². The van der Waals surface area contributed by atoms with Crippen molar-refractivity contribution in [2.45, 2.75) is 37.6 Å². The van der Waals surface area contributed by atoms with Crippen LogP contribution in [0.5, 0.6) is 0 Å². The number of esters is 3. The minimum atomic E-state index is -0.856. The molecule has 6 heteroatoms. The topological polar surface area (TPSA) is 78.9 Å². The van der Waals surface area contributed by atoms with E-state index < -0.39 is 36.2 Å². The fourth-order valence-electron chi connectivity index (χ4n) is 2.01. The molecule has 1 fully saturated rings. The van der Waals surface area contributed by atoms with E-state index in [9.17, 15) is 14.4 Å². The molecule has 21 heavy (non-hydrogen) atoms. The first-order valence-electron chi connectivity index (χ1n) is 6.00. The molecule has 0 heterocycles. The predicted molar refractivity (Wildman–Crippen MR) is 70.0 cm³/mol. The number of rotatable bonds is 3. The van der Waals surface area contributed by atoms with E-state index in [0.717, 1.165) is 0 Å². The van der Waals surface area contributed by atoms with Gasteiger partial charge in [-0.2, -0.15) is 0 Å². The van der Waals surface area contributed by atoms with Gasteiger partial charge in [-0.05, 0) is 0 Å². The van der Waals surface area contributed by atoms with Gasteiger partial charge in [-0.1, -0.05) is 0 Å². The summed E-state index contributed by atoms with van der Waals surface area (Å²) in [5.74, 6) is 2.85. The van der Waals surface area contributed by atoms with Crippen LogP contribution in [0.1, 0.15) is 19.3 Å². The normalized spacial score (nSPS) is 23.6. The van der Waals surface area contributed by atoms with Gasteiger partial charge in [-0.15, -0.1) is 19.3 Å². The highest BCUT2D eigenvalue weighted by Gasteiger charge is 2.34. The Labute approximate surface area is 122 Å². The highest BCUT2D eigenvalue weighted by Crippen LogP contribution is 2.26. The largest absolute Gasteiger partial charge is 0.453 e. The molecule has 0 spiro atoms. The Kier molecular flexibility index (Phi) is 5.86. The van der Waals surface area contributed by atoms with Gasteiger partial charge in [0.2, 0.25) is 0 Å². The lowest BCUT2D eigenvalue weighted by Gasteiger charge is -2.32. The van der Waals surface area contributed by atoms with Crippen LogP contribution in [0, 0.1) is 37.0 Å². The molecule has 108 valence electrons. The van der Waals surface area contributed by atoms with Gasteiger partial charge in [0.15, 0.2) is 0 Å². The SMILES string of the molecule is C#CC(=O)OC1CC(OC(=O)C#C)CC(OC(=O)C#C)C1. The summed E-state index contributed by atoms with van der Waals surface area (Å²) >= 11 is 0. The molecule has 0 bridgehead atoms. The molecule has 0 amide bonds. The fourth-order valence-corrected chi connectivity index (χ4v) is 2.01. The fraction of sp³-hybridized carbons (Fsp3) is 0.400. The van der Waals surface area contributed by atoms with Crippen LogP contribution < -0.4 is 0 Å². The first-order valence-corrected chi connectivity index (χ1v) is 6.00. The maximum Gasteiger partial charge on any atom is 0.384 e. The van der Waals surface area contributed by atoms with Gasteiger partial charge in [-0.25, -0.2) is 14.4 Å². The lowest BCUT2D eigenvalue weighted by Crippen LogP contribution is -2.39. The minimum Gasteiger partial charge on any atom is -0.453 e. The van der Waals surface area contributed by atoms with Crippen LogP contribution in [0.15, 0.2) is 0 Å². The van der Waals surface area contributed by atoms with E-state index in [1.807, 2.05) is 0 Å². The molecule has 0 aromatic carbocycles. The second kappa shape index (κ2) is 7.62. The molecular weight excluding hydrogens is 276 g/mol. The summed E-state index contributed by atoms with van der Waals surface area (Å²) in [7, 11) is 0. The molecule has 0 unspecified atom stereocenters.